The van der Waals surface area contributed by atoms with Crippen LogP contribution < -0.4 is 9.47 Å². The van der Waals surface area contributed by atoms with E-state index in [1.165, 1.54) is 0 Å². The van der Waals surface area contributed by atoms with Gasteiger partial charge in [0.2, 0.25) is 0 Å². The van der Waals surface area contributed by atoms with Crippen molar-refractivity contribution in [3.63, 3.8) is 0 Å². The smallest absolute Gasteiger partial charge is 0.161 e. The van der Waals surface area contributed by atoms with Crippen LogP contribution >= 0.6 is 0 Å². The van der Waals surface area contributed by atoms with Crippen molar-refractivity contribution < 1.29 is 9.47 Å². The Hall–Kier alpha value is -2.03. The highest BCUT2D eigenvalue weighted by Crippen LogP contribution is 2.33. The van der Waals surface area contributed by atoms with E-state index >= 15 is 0 Å². The third kappa shape index (κ3) is 2.09. The van der Waals surface area contributed by atoms with Gasteiger partial charge in [0.15, 0.2) is 11.5 Å². The quantitative estimate of drug-likeness (QED) is 0.755. The zero-order valence-electron chi connectivity index (χ0n) is 10.1. The lowest BCUT2D eigenvalue weighted by molar-refractivity contribution is 0.356. The lowest BCUT2D eigenvalue weighted by Crippen LogP contribution is -1.93. The van der Waals surface area contributed by atoms with E-state index in [2.05, 4.69) is 11.6 Å². The lowest BCUT2D eigenvalue weighted by Gasteiger charge is -2.10. The molecule has 0 saturated heterocycles. The highest BCUT2D eigenvalue weighted by Gasteiger charge is 2.08. The average Bonchev–Trinajstić information content (AvgIpc) is 2.38. The fraction of sp³-hybridized carbons (Fsp3) is 0.214. The van der Waals surface area contributed by atoms with Crippen LogP contribution in [0.1, 0.15) is 5.56 Å². The molecule has 3 nitrogen and oxygen atoms in total. The minimum Gasteiger partial charge on any atom is -0.493 e. The Morgan fingerprint density at radius 2 is 1.88 bits per heavy atom. The van der Waals surface area contributed by atoms with E-state index < -0.39 is 0 Å². The van der Waals surface area contributed by atoms with Crippen molar-refractivity contribution in [3.05, 3.63) is 42.7 Å². The number of benzene rings is 1. The Bertz CT molecular complexity index is 549. The second-order valence-electron chi connectivity index (χ2n) is 3.72. The molecule has 0 unspecified atom stereocenters. The normalized spacial score (nSPS) is 10.2. The average molecular weight is 229 g/mol. The molecule has 2 aromatic rings. The van der Waals surface area contributed by atoms with Crippen LogP contribution in [-0.4, -0.2) is 19.2 Å². The van der Waals surface area contributed by atoms with Gasteiger partial charge in [-0.3, -0.25) is 4.98 Å². The molecule has 0 saturated carbocycles. The maximum atomic E-state index is 5.31. The molecule has 88 valence electrons. The van der Waals surface area contributed by atoms with Gasteiger partial charge in [0, 0.05) is 17.8 Å². The van der Waals surface area contributed by atoms with Crippen LogP contribution in [0.15, 0.2) is 37.2 Å². The van der Waals surface area contributed by atoms with Crippen molar-refractivity contribution in [2.24, 2.45) is 0 Å². The van der Waals surface area contributed by atoms with Crippen LogP contribution in [0.4, 0.5) is 0 Å². The molecule has 0 radical (unpaired) electrons. The van der Waals surface area contributed by atoms with Crippen molar-refractivity contribution in [1.82, 2.24) is 4.98 Å². The molecular formula is C14H15NO2. The molecule has 1 aromatic carbocycles. The summed E-state index contributed by atoms with van der Waals surface area (Å²) in [5, 5.41) is 2.17. The summed E-state index contributed by atoms with van der Waals surface area (Å²) in [6.07, 6.45) is 6.34. The molecular weight excluding hydrogens is 214 g/mol. The fourth-order valence-corrected chi connectivity index (χ4v) is 1.87. The van der Waals surface area contributed by atoms with Crippen molar-refractivity contribution in [2.75, 3.05) is 14.2 Å². The molecule has 0 N–H and O–H groups in total. The summed E-state index contributed by atoms with van der Waals surface area (Å²) >= 11 is 0. The topological polar surface area (TPSA) is 31.4 Å². The largest absolute Gasteiger partial charge is 0.493 e. The standard InChI is InChI=1S/C14H15NO2/c1-4-5-10-8-15-9-11-6-13(16-2)14(17-3)7-12(10)11/h4,6-9H,1,5H2,2-3H3. The molecule has 2 rings (SSSR count). The Morgan fingerprint density at radius 1 is 1.18 bits per heavy atom. The Morgan fingerprint density at radius 3 is 2.53 bits per heavy atom. The van der Waals surface area contributed by atoms with Crippen LogP contribution in [0.3, 0.4) is 0 Å². The molecule has 17 heavy (non-hydrogen) atoms. The van der Waals surface area contributed by atoms with Gasteiger partial charge >= 0.3 is 0 Å². The van der Waals surface area contributed by atoms with Gasteiger partial charge in [-0.2, -0.15) is 0 Å². The second kappa shape index (κ2) is 4.87. The van der Waals surface area contributed by atoms with Gasteiger partial charge in [-0.15, -0.1) is 6.58 Å². The monoisotopic (exact) mass is 229 g/mol. The van der Waals surface area contributed by atoms with Gasteiger partial charge < -0.3 is 9.47 Å². The highest BCUT2D eigenvalue weighted by atomic mass is 16.5. The molecule has 0 bridgehead atoms. The number of methoxy groups -OCH3 is 2. The van der Waals surface area contributed by atoms with E-state index in [0.717, 1.165) is 34.3 Å². The summed E-state index contributed by atoms with van der Waals surface area (Å²) in [6, 6.07) is 3.92. The summed E-state index contributed by atoms with van der Waals surface area (Å²) in [6.45, 7) is 3.76. The number of hydrogen-bond donors (Lipinski definition) is 0. The first-order chi connectivity index (χ1) is 8.30. The maximum absolute atomic E-state index is 5.31. The van der Waals surface area contributed by atoms with Crippen molar-refractivity contribution in [1.29, 1.82) is 0 Å². The number of hydrogen-bond acceptors (Lipinski definition) is 3. The third-order valence-electron chi connectivity index (χ3n) is 2.71. The van der Waals surface area contributed by atoms with Crippen molar-refractivity contribution in [3.8, 4) is 11.5 Å². The number of pyridine rings is 1. The van der Waals surface area contributed by atoms with E-state index in [1.807, 2.05) is 30.6 Å². The summed E-state index contributed by atoms with van der Waals surface area (Å²) in [5.74, 6) is 1.45. The van der Waals surface area contributed by atoms with Crippen LogP contribution in [0, 0.1) is 0 Å². The second-order valence-corrected chi connectivity index (χ2v) is 3.72. The Kier molecular flexibility index (Phi) is 3.28. The first kappa shape index (κ1) is 11.5. The summed E-state index contributed by atoms with van der Waals surface area (Å²) in [4.78, 5) is 4.22. The molecule has 0 amide bonds. The van der Waals surface area contributed by atoms with Gasteiger partial charge in [0.25, 0.3) is 0 Å². The zero-order valence-corrected chi connectivity index (χ0v) is 10.1. The van der Waals surface area contributed by atoms with E-state index in [-0.39, 0.29) is 0 Å². The van der Waals surface area contributed by atoms with Gasteiger partial charge in [-0.25, -0.2) is 0 Å². The minimum atomic E-state index is 0.720. The van der Waals surface area contributed by atoms with Crippen LogP contribution in [-0.2, 0) is 6.42 Å². The minimum absolute atomic E-state index is 0.720. The van der Waals surface area contributed by atoms with Gasteiger partial charge in [-0.1, -0.05) is 6.08 Å². The molecule has 0 aliphatic rings. The Labute approximate surface area is 101 Å². The van der Waals surface area contributed by atoms with Gasteiger partial charge in [0.05, 0.1) is 14.2 Å². The third-order valence-corrected chi connectivity index (χ3v) is 2.71. The van der Waals surface area contributed by atoms with Gasteiger partial charge in [0.1, 0.15) is 0 Å². The predicted molar refractivity (Wildman–Crippen MR) is 68.7 cm³/mol. The van der Waals surface area contributed by atoms with Crippen molar-refractivity contribution >= 4 is 10.8 Å². The lowest BCUT2D eigenvalue weighted by atomic mass is 10.0. The number of ether oxygens (including phenoxy) is 2. The molecule has 0 atom stereocenters. The predicted octanol–water partition coefficient (Wildman–Crippen LogP) is 2.98. The van der Waals surface area contributed by atoms with Crippen molar-refractivity contribution in [2.45, 2.75) is 6.42 Å². The van der Waals surface area contributed by atoms with E-state index in [1.54, 1.807) is 14.2 Å². The van der Waals surface area contributed by atoms with Crippen LogP contribution in [0.5, 0.6) is 11.5 Å². The zero-order chi connectivity index (χ0) is 12.3. The highest BCUT2D eigenvalue weighted by molar-refractivity contribution is 5.88. The molecule has 0 fully saturated rings. The number of fused-ring (bicyclic) bond motifs is 1. The van der Waals surface area contributed by atoms with Crippen LogP contribution in [0.2, 0.25) is 0 Å². The van der Waals surface area contributed by atoms with E-state index in [0.29, 0.717) is 0 Å². The molecule has 1 aromatic heterocycles. The molecule has 1 heterocycles. The molecule has 3 heteroatoms. The Balaban J connectivity index is 2.68. The first-order valence-electron chi connectivity index (χ1n) is 5.39. The SMILES string of the molecule is C=CCc1cncc2cc(OC)c(OC)cc12. The van der Waals surface area contributed by atoms with E-state index in [4.69, 9.17) is 9.47 Å². The summed E-state index contributed by atoms with van der Waals surface area (Å²) in [5.41, 5.74) is 1.14. The number of nitrogens with zero attached hydrogens (tertiary/aromatic N) is 1. The van der Waals surface area contributed by atoms with E-state index in [9.17, 15) is 0 Å². The molecule has 0 aliphatic carbocycles. The number of rotatable bonds is 4. The first-order valence-corrected chi connectivity index (χ1v) is 5.39. The summed E-state index contributed by atoms with van der Waals surface area (Å²) in [7, 11) is 3.27. The number of allylic oxidation sites excluding steroid dienone is 1. The molecule has 0 spiro atoms. The van der Waals surface area contributed by atoms with Gasteiger partial charge in [-0.05, 0) is 29.5 Å². The summed E-state index contributed by atoms with van der Waals surface area (Å²) < 4.78 is 10.6. The maximum Gasteiger partial charge on any atom is 0.161 e. The number of aromatic nitrogens is 1. The van der Waals surface area contributed by atoms with Crippen LogP contribution in [0.25, 0.3) is 10.8 Å². The fourth-order valence-electron chi connectivity index (χ4n) is 1.87. The molecule has 0 aliphatic heterocycles.